The zero-order valence-electron chi connectivity index (χ0n) is 15.5. The molecule has 1 amide bonds. The monoisotopic (exact) mass is 426 g/mol. The summed E-state index contributed by atoms with van der Waals surface area (Å²) in [5, 5.41) is 12.1. The Labute approximate surface area is 178 Å². The van der Waals surface area contributed by atoms with Crippen molar-refractivity contribution in [3.8, 4) is 0 Å². The molecule has 0 aliphatic carbocycles. The van der Waals surface area contributed by atoms with Gasteiger partial charge in [0.1, 0.15) is 0 Å². The maximum atomic E-state index is 12.4. The largest absolute Gasteiger partial charge is 0.345 e. The Bertz CT molecular complexity index is 1020. The Morgan fingerprint density at radius 1 is 1.10 bits per heavy atom. The quantitative estimate of drug-likeness (QED) is 0.317. The van der Waals surface area contributed by atoms with Gasteiger partial charge in [0.25, 0.3) is 5.91 Å². The van der Waals surface area contributed by atoms with E-state index in [1.54, 1.807) is 42.5 Å². The van der Waals surface area contributed by atoms with Gasteiger partial charge in [0.2, 0.25) is 0 Å². The highest BCUT2D eigenvalue weighted by atomic mass is 35.5. The van der Waals surface area contributed by atoms with Gasteiger partial charge in [-0.25, -0.2) is 0 Å². The van der Waals surface area contributed by atoms with Gasteiger partial charge in [-0.05, 0) is 12.1 Å². The predicted molar refractivity (Wildman–Crippen MR) is 114 cm³/mol. The summed E-state index contributed by atoms with van der Waals surface area (Å²) < 4.78 is 1.82. The minimum absolute atomic E-state index is 0.0114. The number of carbonyl (C=O) groups is 2. The minimum Gasteiger partial charge on any atom is -0.345 e. The van der Waals surface area contributed by atoms with Crippen LogP contribution in [-0.4, -0.2) is 32.2 Å². The molecule has 0 fully saturated rings. The van der Waals surface area contributed by atoms with Crippen LogP contribution in [0.3, 0.4) is 0 Å². The number of thioether (sulfide) groups is 1. The molecule has 29 heavy (non-hydrogen) atoms. The molecule has 1 heterocycles. The molecule has 2 aromatic carbocycles. The molecule has 1 aromatic heterocycles. The Balaban J connectivity index is 1.66. The number of nitrogens with zero attached hydrogens (tertiary/aromatic N) is 3. The van der Waals surface area contributed by atoms with Crippen molar-refractivity contribution >= 4 is 35.1 Å². The number of halogens is 1. The molecule has 0 aliphatic heterocycles. The van der Waals surface area contributed by atoms with E-state index < -0.39 is 0 Å². The lowest BCUT2D eigenvalue weighted by Crippen LogP contribution is -2.25. The Morgan fingerprint density at radius 2 is 1.83 bits per heavy atom. The summed E-state index contributed by atoms with van der Waals surface area (Å²) in [7, 11) is 0. The number of hydrogen-bond acceptors (Lipinski definition) is 5. The average molecular weight is 427 g/mol. The summed E-state index contributed by atoms with van der Waals surface area (Å²) in [6.07, 6.45) is 1.71. The third-order valence-corrected chi connectivity index (χ3v) is 5.36. The second kappa shape index (κ2) is 10.0. The lowest BCUT2D eigenvalue weighted by Gasteiger charge is -2.09. The second-order valence-corrected chi connectivity index (χ2v) is 7.39. The first-order valence-electron chi connectivity index (χ1n) is 8.87. The maximum absolute atomic E-state index is 12.4. The SMILES string of the molecule is C=CCn1c(CNC(=O)c2ccccc2Cl)nnc1SCC(=O)c1ccccc1. The van der Waals surface area contributed by atoms with Gasteiger partial charge in [0, 0.05) is 12.1 Å². The molecule has 1 N–H and O–H groups in total. The summed E-state index contributed by atoms with van der Waals surface area (Å²) in [4.78, 5) is 24.7. The molecule has 0 radical (unpaired) electrons. The van der Waals surface area contributed by atoms with Crippen LogP contribution in [0.15, 0.2) is 72.4 Å². The van der Waals surface area contributed by atoms with E-state index in [9.17, 15) is 9.59 Å². The predicted octanol–water partition coefficient (Wildman–Crippen LogP) is 4.02. The molecule has 0 bridgehead atoms. The molecule has 6 nitrogen and oxygen atoms in total. The van der Waals surface area contributed by atoms with Crippen LogP contribution in [0, 0.1) is 0 Å². The summed E-state index contributed by atoms with van der Waals surface area (Å²) in [5.41, 5.74) is 1.05. The van der Waals surface area contributed by atoms with Crippen LogP contribution >= 0.6 is 23.4 Å². The van der Waals surface area contributed by atoms with E-state index in [-0.39, 0.29) is 24.0 Å². The van der Waals surface area contributed by atoms with Crippen LogP contribution in [0.5, 0.6) is 0 Å². The average Bonchev–Trinajstić information content (AvgIpc) is 3.13. The van der Waals surface area contributed by atoms with Crippen molar-refractivity contribution in [2.45, 2.75) is 18.2 Å². The highest BCUT2D eigenvalue weighted by Crippen LogP contribution is 2.19. The van der Waals surface area contributed by atoms with Crippen molar-refractivity contribution < 1.29 is 9.59 Å². The van der Waals surface area contributed by atoms with Gasteiger partial charge < -0.3 is 9.88 Å². The first-order valence-corrected chi connectivity index (χ1v) is 10.2. The van der Waals surface area contributed by atoms with Crippen LogP contribution in [-0.2, 0) is 13.1 Å². The molecule has 0 aliphatic rings. The molecule has 0 saturated carbocycles. The molecular weight excluding hydrogens is 408 g/mol. The first-order chi connectivity index (χ1) is 14.1. The van der Waals surface area contributed by atoms with Crippen molar-refractivity contribution in [1.82, 2.24) is 20.1 Å². The number of carbonyl (C=O) groups excluding carboxylic acids is 2. The number of hydrogen-bond donors (Lipinski definition) is 1. The summed E-state index contributed by atoms with van der Waals surface area (Å²) in [5.74, 6) is 0.528. The maximum Gasteiger partial charge on any atom is 0.253 e. The van der Waals surface area contributed by atoms with E-state index in [4.69, 9.17) is 11.6 Å². The zero-order valence-corrected chi connectivity index (χ0v) is 17.1. The van der Waals surface area contributed by atoms with Gasteiger partial charge in [0.15, 0.2) is 16.8 Å². The second-order valence-electron chi connectivity index (χ2n) is 6.04. The van der Waals surface area contributed by atoms with E-state index in [1.165, 1.54) is 11.8 Å². The normalized spacial score (nSPS) is 10.5. The van der Waals surface area contributed by atoms with E-state index in [0.29, 0.717) is 33.7 Å². The van der Waals surface area contributed by atoms with Gasteiger partial charge in [-0.1, -0.05) is 71.9 Å². The number of Topliss-reactive ketones (excluding diaryl/α,β-unsaturated/α-hetero) is 1. The van der Waals surface area contributed by atoms with Crippen LogP contribution in [0.2, 0.25) is 5.02 Å². The Hall–Kier alpha value is -2.90. The molecule has 0 unspecified atom stereocenters. The third kappa shape index (κ3) is 5.34. The Kier molecular flexibility index (Phi) is 7.21. The fourth-order valence-corrected chi connectivity index (χ4v) is 3.69. The van der Waals surface area contributed by atoms with Crippen LogP contribution in [0.25, 0.3) is 0 Å². The molecule has 0 atom stereocenters. The minimum atomic E-state index is -0.294. The van der Waals surface area contributed by atoms with Crippen LogP contribution in [0.4, 0.5) is 0 Å². The summed E-state index contributed by atoms with van der Waals surface area (Å²) in [6, 6.07) is 15.9. The highest BCUT2D eigenvalue weighted by molar-refractivity contribution is 7.99. The van der Waals surface area contributed by atoms with Crippen molar-refractivity contribution in [3.63, 3.8) is 0 Å². The molecular formula is C21H19ClN4O2S. The first kappa shape index (κ1) is 20.8. The van der Waals surface area contributed by atoms with E-state index in [2.05, 4.69) is 22.1 Å². The van der Waals surface area contributed by atoms with E-state index >= 15 is 0 Å². The highest BCUT2D eigenvalue weighted by Gasteiger charge is 2.16. The van der Waals surface area contributed by atoms with Crippen molar-refractivity contribution in [2.75, 3.05) is 5.75 Å². The number of ketones is 1. The molecule has 3 rings (SSSR count). The smallest absolute Gasteiger partial charge is 0.253 e. The lowest BCUT2D eigenvalue weighted by molar-refractivity contribution is 0.0948. The van der Waals surface area contributed by atoms with Crippen LogP contribution in [0.1, 0.15) is 26.5 Å². The van der Waals surface area contributed by atoms with Crippen molar-refractivity contribution in [2.24, 2.45) is 0 Å². The topological polar surface area (TPSA) is 76.9 Å². The van der Waals surface area contributed by atoms with Crippen molar-refractivity contribution in [3.05, 3.63) is 89.2 Å². The fourth-order valence-electron chi connectivity index (χ4n) is 2.61. The van der Waals surface area contributed by atoms with E-state index in [0.717, 1.165) is 0 Å². The molecule has 0 saturated heterocycles. The number of rotatable bonds is 9. The van der Waals surface area contributed by atoms with Gasteiger partial charge in [-0.2, -0.15) is 0 Å². The molecule has 148 valence electrons. The fraction of sp³-hybridized carbons (Fsp3) is 0.143. The summed E-state index contributed by atoms with van der Waals surface area (Å²) >= 11 is 7.37. The van der Waals surface area contributed by atoms with Gasteiger partial charge in [-0.3, -0.25) is 9.59 Å². The lowest BCUT2D eigenvalue weighted by atomic mass is 10.2. The Morgan fingerprint density at radius 3 is 2.55 bits per heavy atom. The van der Waals surface area contributed by atoms with Gasteiger partial charge in [-0.15, -0.1) is 16.8 Å². The summed E-state index contributed by atoms with van der Waals surface area (Å²) in [6.45, 7) is 4.40. The number of nitrogens with one attached hydrogen (secondary N) is 1. The molecule has 3 aromatic rings. The number of allylic oxidation sites excluding steroid dienone is 1. The number of benzene rings is 2. The van der Waals surface area contributed by atoms with Gasteiger partial charge in [0.05, 0.1) is 22.9 Å². The molecule has 8 heteroatoms. The number of amides is 1. The van der Waals surface area contributed by atoms with E-state index in [1.807, 2.05) is 22.8 Å². The zero-order chi connectivity index (χ0) is 20.6. The third-order valence-electron chi connectivity index (χ3n) is 4.06. The van der Waals surface area contributed by atoms with Crippen LogP contribution < -0.4 is 5.32 Å². The standard InChI is InChI=1S/C21H19ClN4O2S/c1-2-12-26-19(13-23-20(28)16-10-6-7-11-17(16)22)24-25-21(26)29-14-18(27)15-8-4-3-5-9-15/h2-11H,1,12-14H2,(H,23,28). The van der Waals surface area contributed by atoms with Crippen molar-refractivity contribution in [1.29, 1.82) is 0 Å². The molecule has 0 spiro atoms. The van der Waals surface area contributed by atoms with Gasteiger partial charge >= 0.3 is 0 Å². The number of aromatic nitrogens is 3.